The number of piperidine rings is 1. The molecule has 7 nitrogen and oxygen atoms in total. The highest BCUT2D eigenvalue weighted by Gasteiger charge is 2.27. The molecule has 0 aliphatic carbocycles. The highest BCUT2D eigenvalue weighted by atomic mass is 32.1. The Bertz CT molecular complexity index is 1020. The number of hydrogen-bond acceptors (Lipinski definition) is 6. The summed E-state index contributed by atoms with van der Waals surface area (Å²) in [5, 5.41) is 3.98. The van der Waals surface area contributed by atoms with Crippen LogP contribution in [0.1, 0.15) is 31.7 Å². The second-order valence-electron chi connectivity index (χ2n) is 7.58. The Kier molecular flexibility index (Phi) is 5.89. The molecule has 152 valence electrons. The van der Waals surface area contributed by atoms with Gasteiger partial charge in [0.15, 0.2) is 10.8 Å². The lowest BCUT2D eigenvalue weighted by Gasteiger charge is -2.31. The van der Waals surface area contributed by atoms with Crippen LogP contribution in [0.25, 0.3) is 10.3 Å². The maximum absolute atomic E-state index is 12.7. The third-order valence-electron chi connectivity index (χ3n) is 5.42. The second kappa shape index (κ2) is 8.73. The number of fused-ring (bicyclic) bond motifs is 1. The van der Waals surface area contributed by atoms with E-state index in [1.54, 1.807) is 0 Å². The molecule has 0 saturated carbocycles. The predicted octanol–water partition coefficient (Wildman–Crippen LogP) is 2.73. The van der Waals surface area contributed by atoms with E-state index in [1.807, 2.05) is 18.2 Å². The lowest BCUT2D eigenvalue weighted by atomic mass is 9.95. The van der Waals surface area contributed by atoms with Crippen LogP contribution in [0.4, 0.5) is 5.13 Å². The molecular formula is C21H25N5O2S. The zero-order valence-electron chi connectivity index (χ0n) is 16.4. The van der Waals surface area contributed by atoms with Gasteiger partial charge in [-0.15, -0.1) is 0 Å². The molecule has 4 rings (SSSR count). The van der Waals surface area contributed by atoms with E-state index < -0.39 is 0 Å². The SMILES string of the molecule is CC(CCc1ccccc1)NC(=O)C1CCN(c2nc3nc[nH]c(=O)c3s2)CC1. The number of aromatic amines is 1. The molecule has 1 aliphatic rings. The number of aromatic nitrogens is 3. The van der Waals surface area contributed by atoms with E-state index in [2.05, 4.69) is 44.2 Å². The smallest absolute Gasteiger partial charge is 0.270 e. The van der Waals surface area contributed by atoms with Crippen LogP contribution in [0.5, 0.6) is 0 Å². The number of amides is 1. The van der Waals surface area contributed by atoms with Gasteiger partial charge in [0.05, 0.1) is 6.33 Å². The number of nitrogens with one attached hydrogen (secondary N) is 2. The molecule has 2 N–H and O–H groups in total. The van der Waals surface area contributed by atoms with Crippen LogP contribution in [0.2, 0.25) is 0 Å². The van der Waals surface area contributed by atoms with Crippen LogP contribution in [0.15, 0.2) is 41.5 Å². The topological polar surface area (TPSA) is 91.0 Å². The monoisotopic (exact) mass is 411 g/mol. The summed E-state index contributed by atoms with van der Waals surface area (Å²) in [6, 6.07) is 10.5. The van der Waals surface area contributed by atoms with Crippen LogP contribution < -0.4 is 15.8 Å². The van der Waals surface area contributed by atoms with E-state index in [0.29, 0.717) is 10.3 Å². The molecular weight excluding hydrogens is 386 g/mol. The van der Waals surface area contributed by atoms with E-state index >= 15 is 0 Å². The molecule has 0 spiro atoms. The fourth-order valence-corrected chi connectivity index (χ4v) is 4.65. The molecule has 0 bridgehead atoms. The minimum Gasteiger partial charge on any atom is -0.353 e. The molecule has 3 heterocycles. The molecule has 0 radical (unpaired) electrons. The first-order chi connectivity index (χ1) is 14.1. The zero-order valence-corrected chi connectivity index (χ0v) is 17.2. The van der Waals surface area contributed by atoms with Crippen LogP contribution in [-0.4, -0.2) is 40.0 Å². The van der Waals surface area contributed by atoms with Crippen LogP contribution in [0.3, 0.4) is 0 Å². The van der Waals surface area contributed by atoms with Crippen molar-refractivity contribution < 1.29 is 4.79 Å². The first-order valence-corrected chi connectivity index (χ1v) is 10.9. The van der Waals surface area contributed by atoms with Crippen molar-refractivity contribution in [3.05, 3.63) is 52.6 Å². The summed E-state index contributed by atoms with van der Waals surface area (Å²) in [5.41, 5.74) is 1.63. The maximum Gasteiger partial charge on any atom is 0.270 e. The Morgan fingerprint density at radius 3 is 2.79 bits per heavy atom. The Hall–Kier alpha value is -2.74. The van der Waals surface area contributed by atoms with Crippen molar-refractivity contribution in [1.82, 2.24) is 20.3 Å². The highest BCUT2D eigenvalue weighted by Crippen LogP contribution is 2.29. The number of aryl methyl sites for hydroxylation is 1. The number of H-pyrrole nitrogens is 1. The molecule has 1 unspecified atom stereocenters. The van der Waals surface area contributed by atoms with Crippen molar-refractivity contribution in [3.63, 3.8) is 0 Å². The predicted molar refractivity (Wildman–Crippen MR) is 115 cm³/mol. The quantitative estimate of drug-likeness (QED) is 0.651. The summed E-state index contributed by atoms with van der Waals surface area (Å²) in [7, 11) is 0. The summed E-state index contributed by atoms with van der Waals surface area (Å²) >= 11 is 1.36. The first-order valence-electron chi connectivity index (χ1n) is 10.0. The van der Waals surface area contributed by atoms with Crippen LogP contribution >= 0.6 is 11.3 Å². The summed E-state index contributed by atoms with van der Waals surface area (Å²) in [4.78, 5) is 37.9. The number of thiazole rings is 1. The normalized spacial score (nSPS) is 16.1. The lowest BCUT2D eigenvalue weighted by Crippen LogP contribution is -2.43. The molecule has 1 aliphatic heterocycles. The van der Waals surface area contributed by atoms with Crippen molar-refractivity contribution in [2.45, 2.75) is 38.6 Å². The third-order valence-corrected chi connectivity index (χ3v) is 6.52. The number of benzene rings is 1. The van der Waals surface area contributed by atoms with Gasteiger partial charge in [0.1, 0.15) is 4.70 Å². The van der Waals surface area contributed by atoms with Crippen LogP contribution in [0, 0.1) is 5.92 Å². The molecule has 1 aromatic carbocycles. The Morgan fingerprint density at radius 2 is 2.07 bits per heavy atom. The highest BCUT2D eigenvalue weighted by molar-refractivity contribution is 7.22. The Labute approximate surface area is 173 Å². The maximum atomic E-state index is 12.7. The minimum atomic E-state index is -0.155. The Balaban J connectivity index is 1.27. The van der Waals surface area contributed by atoms with Crippen molar-refractivity contribution in [2.75, 3.05) is 18.0 Å². The number of anilines is 1. The molecule has 8 heteroatoms. The van der Waals surface area contributed by atoms with Gasteiger partial charge in [0.2, 0.25) is 5.91 Å². The number of carbonyl (C=O) groups is 1. The standard InChI is InChI=1S/C21H25N5O2S/c1-14(7-8-15-5-3-2-4-6-15)24-19(27)16-9-11-26(12-10-16)21-25-18-17(29-21)20(28)23-13-22-18/h2-6,13-14,16H,7-12H2,1H3,(H,24,27)(H,22,23,28). The minimum absolute atomic E-state index is 0.0290. The first kappa shape index (κ1) is 19.6. The fraction of sp³-hybridized carbons (Fsp3) is 0.429. The van der Waals surface area contributed by atoms with Gasteiger partial charge in [-0.05, 0) is 38.2 Å². The lowest BCUT2D eigenvalue weighted by molar-refractivity contribution is -0.126. The number of nitrogens with zero attached hydrogens (tertiary/aromatic N) is 3. The summed E-state index contributed by atoms with van der Waals surface area (Å²) in [6.45, 7) is 3.59. The van der Waals surface area contributed by atoms with E-state index in [1.165, 1.54) is 23.2 Å². The molecule has 29 heavy (non-hydrogen) atoms. The van der Waals surface area contributed by atoms with E-state index in [-0.39, 0.29) is 23.4 Å². The average molecular weight is 412 g/mol. The fourth-order valence-electron chi connectivity index (χ4n) is 3.68. The van der Waals surface area contributed by atoms with E-state index in [4.69, 9.17) is 0 Å². The van der Waals surface area contributed by atoms with Crippen molar-refractivity contribution in [2.24, 2.45) is 5.92 Å². The largest absolute Gasteiger partial charge is 0.353 e. The Morgan fingerprint density at radius 1 is 1.31 bits per heavy atom. The van der Waals surface area contributed by atoms with Gasteiger partial charge < -0.3 is 15.2 Å². The summed E-state index contributed by atoms with van der Waals surface area (Å²) in [5.74, 6) is 0.175. The van der Waals surface area contributed by atoms with Crippen LogP contribution in [-0.2, 0) is 11.2 Å². The van der Waals surface area contributed by atoms with Crippen molar-refractivity contribution in [3.8, 4) is 0 Å². The molecule has 1 saturated heterocycles. The molecule has 1 atom stereocenters. The van der Waals surface area contributed by atoms with Crippen molar-refractivity contribution in [1.29, 1.82) is 0 Å². The second-order valence-corrected chi connectivity index (χ2v) is 8.55. The van der Waals surface area contributed by atoms with E-state index in [0.717, 1.165) is 43.9 Å². The van der Waals surface area contributed by atoms with Gasteiger partial charge in [0.25, 0.3) is 5.56 Å². The molecule has 1 amide bonds. The summed E-state index contributed by atoms with van der Waals surface area (Å²) in [6.07, 6.45) is 4.85. The average Bonchev–Trinajstić information content (AvgIpc) is 3.19. The molecule has 3 aromatic rings. The molecule has 1 fully saturated rings. The van der Waals surface area contributed by atoms with Gasteiger partial charge in [-0.1, -0.05) is 41.7 Å². The third kappa shape index (κ3) is 4.64. The number of carbonyl (C=O) groups excluding carboxylic acids is 1. The number of hydrogen-bond donors (Lipinski definition) is 2. The van der Waals surface area contributed by atoms with Gasteiger partial charge in [-0.3, -0.25) is 9.59 Å². The van der Waals surface area contributed by atoms with Gasteiger partial charge in [0, 0.05) is 25.0 Å². The van der Waals surface area contributed by atoms with E-state index in [9.17, 15) is 9.59 Å². The molecule has 2 aromatic heterocycles. The zero-order chi connectivity index (χ0) is 20.2. The van der Waals surface area contributed by atoms with Crippen molar-refractivity contribution >= 4 is 32.7 Å². The van der Waals surface area contributed by atoms with Gasteiger partial charge in [-0.2, -0.15) is 4.98 Å². The van der Waals surface area contributed by atoms with Gasteiger partial charge >= 0.3 is 0 Å². The summed E-state index contributed by atoms with van der Waals surface area (Å²) < 4.78 is 0.551. The number of rotatable bonds is 6. The van der Waals surface area contributed by atoms with Gasteiger partial charge in [-0.25, -0.2) is 4.98 Å².